The quantitative estimate of drug-likeness (QED) is 0.859. The Balaban J connectivity index is 0.00000196. The molecule has 2 bridgehead atoms. The van der Waals surface area contributed by atoms with Crippen LogP contribution in [0.4, 0.5) is 0 Å². The first-order valence-electron chi connectivity index (χ1n) is 10.1. The van der Waals surface area contributed by atoms with E-state index in [1.54, 1.807) is 0 Å². The van der Waals surface area contributed by atoms with E-state index in [1.807, 2.05) is 29.2 Å². The van der Waals surface area contributed by atoms with E-state index >= 15 is 0 Å². The molecule has 1 N–H and O–H groups in total. The van der Waals surface area contributed by atoms with Gasteiger partial charge in [0.05, 0.1) is 6.61 Å². The highest BCUT2D eigenvalue weighted by atomic mass is 35.5. The highest BCUT2D eigenvalue weighted by Crippen LogP contribution is 2.25. The third kappa shape index (κ3) is 4.72. The summed E-state index contributed by atoms with van der Waals surface area (Å²) < 4.78 is 5.95. The molecule has 3 aliphatic rings. The van der Waals surface area contributed by atoms with Gasteiger partial charge in [0.25, 0.3) is 5.91 Å². The van der Waals surface area contributed by atoms with Gasteiger partial charge in [-0.15, -0.1) is 12.4 Å². The smallest absolute Gasteiger partial charge is 0.253 e. The van der Waals surface area contributed by atoms with E-state index in [4.69, 9.17) is 4.74 Å². The molecule has 5 heteroatoms. The fourth-order valence-corrected chi connectivity index (χ4v) is 4.57. The van der Waals surface area contributed by atoms with Crippen molar-refractivity contribution in [1.82, 2.24) is 10.2 Å². The minimum absolute atomic E-state index is 0. The molecule has 3 fully saturated rings. The Kier molecular flexibility index (Phi) is 6.82. The number of nitrogens with zero attached hydrogens (tertiary/aromatic N) is 1. The molecular weight excluding hydrogens is 348 g/mol. The number of benzene rings is 1. The van der Waals surface area contributed by atoms with E-state index in [2.05, 4.69) is 5.32 Å². The van der Waals surface area contributed by atoms with Crippen LogP contribution in [0.5, 0.6) is 5.75 Å². The molecule has 2 saturated heterocycles. The van der Waals surface area contributed by atoms with Gasteiger partial charge in [0.15, 0.2) is 0 Å². The molecule has 1 saturated carbocycles. The summed E-state index contributed by atoms with van der Waals surface area (Å²) in [4.78, 5) is 14.8. The van der Waals surface area contributed by atoms with Crippen LogP contribution >= 0.6 is 12.4 Å². The SMILES string of the molecule is Cl.O=C(c1ccc(OCC2CCCCC2)cc1)N1CCC2CCC(C1)N2. The van der Waals surface area contributed by atoms with E-state index < -0.39 is 0 Å². The van der Waals surface area contributed by atoms with Crippen LogP contribution in [-0.2, 0) is 0 Å². The Morgan fingerprint density at radius 3 is 2.50 bits per heavy atom. The van der Waals surface area contributed by atoms with Crippen molar-refractivity contribution in [2.24, 2.45) is 5.92 Å². The topological polar surface area (TPSA) is 41.6 Å². The average molecular weight is 379 g/mol. The number of carbonyl (C=O) groups excluding carboxylic acids is 1. The minimum atomic E-state index is 0. The van der Waals surface area contributed by atoms with Gasteiger partial charge in [-0.3, -0.25) is 4.79 Å². The minimum Gasteiger partial charge on any atom is -0.493 e. The monoisotopic (exact) mass is 378 g/mol. The van der Waals surface area contributed by atoms with Crippen molar-refractivity contribution in [3.63, 3.8) is 0 Å². The highest BCUT2D eigenvalue weighted by molar-refractivity contribution is 5.94. The van der Waals surface area contributed by atoms with Crippen LogP contribution in [0.15, 0.2) is 24.3 Å². The number of fused-ring (bicyclic) bond motifs is 2. The van der Waals surface area contributed by atoms with Crippen LogP contribution in [0, 0.1) is 5.92 Å². The number of ether oxygens (including phenoxy) is 1. The molecule has 4 nitrogen and oxygen atoms in total. The molecule has 2 heterocycles. The van der Waals surface area contributed by atoms with Crippen molar-refractivity contribution in [2.75, 3.05) is 19.7 Å². The number of nitrogens with one attached hydrogen (secondary N) is 1. The highest BCUT2D eigenvalue weighted by Gasteiger charge is 2.31. The molecule has 1 aromatic rings. The van der Waals surface area contributed by atoms with Crippen LogP contribution < -0.4 is 10.1 Å². The summed E-state index contributed by atoms with van der Waals surface area (Å²) in [5.74, 6) is 1.75. The van der Waals surface area contributed by atoms with Gasteiger partial charge in [0.1, 0.15) is 5.75 Å². The van der Waals surface area contributed by atoms with Crippen molar-refractivity contribution >= 4 is 18.3 Å². The number of rotatable bonds is 4. The lowest BCUT2D eigenvalue weighted by atomic mass is 9.90. The second-order valence-corrected chi connectivity index (χ2v) is 8.02. The molecule has 0 radical (unpaired) electrons. The Morgan fingerprint density at radius 1 is 1.00 bits per heavy atom. The third-order valence-corrected chi connectivity index (χ3v) is 6.12. The number of amides is 1. The summed E-state index contributed by atoms with van der Waals surface area (Å²) in [5, 5.41) is 3.63. The van der Waals surface area contributed by atoms with Crippen molar-refractivity contribution in [3.8, 4) is 5.75 Å². The predicted molar refractivity (Wildman–Crippen MR) is 106 cm³/mol. The Labute approximate surface area is 163 Å². The zero-order valence-corrected chi connectivity index (χ0v) is 16.3. The van der Waals surface area contributed by atoms with Gasteiger partial charge in [0.2, 0.25) is 0 Å². The van der Waals surface area contributed by atoms with Gasteiger partial charge >= 0.3 is 0 Å². The summed E-state index contributed by atoms with van der Waals surface area (Å²) in [5.41, 5.74) is 0.780. The fraction of sp³-hybridized carbons (Fsp3) is 0.667. The Bertz CT molecular complexity index is 586. The van der Waals surface area contributed by atoms with E-state index in [0.29, 0.717) is 18.0 Å². The Morgan fingerprint density at radius 2 is 1.73 bits per heavy atom. The zero-order chi connectivity index (χ0) is 17.1. The van der Waals surface area contributed by atoms with E-state index in [0.717, 1.165) is 37.4 Å². The molecule has 0 spiro atoms. The first kappa shape index (κ1) is 19.5. The maximum absolute atomic E-state index is 12.8. The van der Waals surface area contributed by atoms with E-state index in [1.165, 1.54) is 44.9 Å². The molecule has 4 rings (SSSR count). The number of carbonyl (C=O) groups is 1. The van der Waals surface area contributed by atoms with Crippen molar-refractivity contribution in [3.05, 3.63) is 29.8 Å². The van der Waals surface area contributed by atoms with Crippen molar-refractivity contribution in [1.29, 1.82) is 0 Å². The van der Waals surface area contributed by atoms with Gasteiger partial charge in [-0.05, 0) is 62.3 Å². The molecule has 1 aliphatic carbocycles. The second-order valence-electron chi connectivity index (χ2n) is 8.02. The van der Waals surface area contributed by atoms with Gasteiger partial charge in [-0.2, -0.15) is 0 Å². The lowest BCUT2D eigenvalue weighted by Crippen LogP contribution is -2.39. The molecule has 26 heavy (non-hydrogen) atoms. The van der Waals surface area contributed by atoms with E-state index in [9.17, 15) is 4.79 Å². The van der Waals surface area contributed by atoms with Gasteiger partial charge < -0.3 is 15.0 Å². The lowest BCUT2D eigenvalue weighted by molar-refractivity contribution is 0.0748. The van der Waals surface area contributed by atoms with Gasteiger partial charge in [0, 0.05) is 30.7 Å². The predicted octanol–water partition coefficient (Wildman–Crippen LogP) is 4.03. The first-order chi connectivity index (χ1) is 12.3. The fourth-order valence-electron chi connectivity index (χ4n) is 4.57. The summed E-state index contributed by atoms with van der Waals surface area (Å²) in [6, 6.07) is 8.86. The second kappa shape index (κ2) is 9.09. The van der Waals surface area contributed by atoms with Crippen LogP contribution in [-0.4, -0.2) is 42.6 Å². The summed E-state index contributed by atoms with van der Waals surface area (Å²) in [6.45, 7) is 2.52. The third-order valence-electron chi connectivity index (χ3n) is 6.12. The first-order valence-corrected chi connectivity index (χ1v) is 10.1. The lowest BCUT2D eigenvalue weighted by Gasteiger charge is -2.24. The van der Waals surface area contributed by atoms with Crippen LogP contribution in [0.25, 0.3) is 0 Å². The summed E-state index contributed by atoms with van der Waals surface area (Å²) >= 11 is 0. The molecule has 1 amide bonds. The van der Waals surface area contributed by atoms with E-state index in [-0.39, 0.29) is 18.3 Å². The van der Waals surface area contributed by atoms with Gasteiger partial charge in [-0.1, -0.05) is 19.3 Å². The maximum atomic E-state index is 12.8. The average Bonchev–Trinajstić information content (AvgIpc) is 2.99. The molecule has 2 aliphatic heterocycles. The molecular formula is C21H31ClN2O2. The van der Waals surface area contributed by atoms with Crippen LogP contribution in [0.3, 0.4) is 0 Å². The van der Waals surface area contributed by atoms with Crippen LogP contribution in [0.2, 0.25) is 0 Å². The van der Waals surface area contributed by atoms with Crippen molar-refractivity contribution < 1.29 is 9.53 Å². The molecule has 1 aromatic carbocycles. The van der Waals surface area contributed by atoms with Gasteiger partial charge in [-0.25, -0.2) is 0 Å². The van der Waals surface area contributed by atoms with Crippen LogP contribution in [0.1, 0.15) is 61.7 Å². The number of hydrogen-bond donors (Lipinski definition) is 1. The summed E-state index contributed by atoms with van der Waals surface area (Å²) in [6.07, 6.45) is 10.2. The Hall–Kier alpha value is -1.26. The standard InChI is InChI=1S/C21H30N2O2.ClH/c24-21(23-13-12-18-8-9-19(14-23)22-18)17-6-10-20(11-7-17)25-15-16-4-2-1-3-5-16;/h6-7,10-11,16,18-19,22H,1-5,8-9,12-15H2;1H. The summed E-state index contributed by atoms with van der Waals surface area (Å²) in [7, 11) is 0. The normalized spacial score (nSPS) is 26.1. The maximum Gasteiger partial charge on any atom is 0.253 e. The number of halogens is 1. The number of hydrogen-bond acceptors (Lipinski definition) is 3. The largest absolute Gasteiger partial charge is 0.493 e. The molecule has 2 atom stereocenters. The molecule has 144 valence electrons. The van der Waals surface area contributed by atoms with Crippen molar-refractivity contribution in [2.45, 2.75) is 63.5 Å². The molecule has 2 unspecified atom stereocenters. The zero-order valence-electron chi connectivity index (χ0n) is 15.5. The molecule has 0 aromatic heterocycles. The number of likely N-dealkylation sites (tertiary alicyclic amines) is 1.